The minimum atomic E-state index is -0.337. The number of anilines is 1. The molecule has 3 rings (SSSR count). The second-order valence-corrected chi connectivity index (χ2v) is 6.88. The number of carbonyl (C=O) groups is 2. The number of esters is 1. The van der Waals surface area contributed by atoms with Crippen LogP contribution in [0, 0.1) is 0 Å². The van der Waals surface area contributed by atoms with Crippen molar-refractivity contribution in [2.45, 2.75) is 13.8 Å². The number of carbonyl (C=O) groups excluding carboxylic acids is 2. The smallest absolute Gasteiger partial charge is 0.348 e. The summed E-state index contributed by atoms with van der Waals surface area (Å²) in [5.41, 5.74) is 0.632. The van der Waals surface area contributed by atoms with E-state index in [1.165, 1.54) is 11.3 Å². The van der Waals surface area contributed by atoms with Crippen LogP contribution in [-0.4, -0.2) is 31.7 Å². The van der Waals surface area contributed by atoms with Gasteiger partial charge in [0.15, 0.2) is 18.1 Å². The zero-order valence-electron chi connectivity index (χ0n) is 15.7. The average molecular weight is 399 g/mol. The summed E-state index contributed by atoms with van der Waals surface area (Å²) in [6, 6.07) is 14.5. The molecule has 0 atom stereocenters. The average Bonchev–Trinajstić information content (AvgIpc) is 3.11. The molecule has 1 N–H and O–H groups in total. The number of ether oxygens (including phenoxy) is 3. The van der Waals surface area contributed by atoms with Crippen molar-refractivity contribution in [2.75, 3.05) is 25.1 Å². The van der Waals surface area contributed by atoms with Crippen LogP contribution in [0.2, 0.25) is 0 Å². The molecule has 0 fully saturated rings. The number of rotatable bonds is 8. The lowest BCUT2D eigenvalue weighted by Gasteiger charge is -2.11. The van der Waals surface area contributed by atoms with Gasteiger partial charge in [0.1, 0.15) is 4.88 Å². The van der Waals surface area contributed by atoms with Gasteiger partial charge in [-0.2, -0.15) is 0 Å². The molecule has 0 spiro atoms. The minimum absolute atomic E-state index is 0.139. The monoisotopic (exact) mass is 399 g/mol. The predicted molar refractivity (Wildman–Crippen MR) is 110 cm³/mol. The molecule has 1 amide bonds. The van der Waals surface area contributed by atoms with E-state index in [2.05, 4.69) is 5.32 Å². The molecule has 0 aliphatic rings. The summed E-state index contributed by atoms with van der Waals surface area (Å²) in [5, 5.41) is 3.67. The van der Waals surface area contributed by atoms with Crippen molar-refractivity contribution in [3.05, 3.63) is 53.4 Å². The van der Waals surface area contributed by atoms with Gasteiger partial charge in [0.05, 0.1) is 13.2 Å². The lowest BCUT2D eigenvalue weighted by atomic mass is 10.2. The van der Waals surface area contributed by atoms with Gasteiger partial charge >= 0.3 is 5.97 Å². The van der Waals surface area contributed by atoms with Crippen LogP contribution < -0.4 is 14.8 Å². The van der Waals surface area contributed by atoms with Crippen LogP contribution in [0.15, 0.2) is 48.5 Å². The van der Waals surface area contributed by atoms with Gasteiger partial charge in [-0.15, -0.1) is 11.3 Å². The summed E-state index contributed by atoms with van der Waals surface area (Å²) in [6.45, 7) is 4.37. The normalized spacial score (nSPS) is 10.5. The first-order chi connectivity index (χ1) is 13.6. The molecule has 0 radical (unpaired) electrons. The molecule has 1 aromatic heterocycles. The summed E-state index contributed by atoms with van der Waals surface area (Å²) < 4.78 is 17.0. The number of para-hydroxylation sites is 2. The molecule has 2 aromatic carbocycles. The van der Waals surface area contributed by atoms with Gasteiger partial charge in [-0.05, 0) is 55.6 Å². The number of amides is 1. The van der Waals surface area contributed by atoms with Gasteiger partial charge in [0.2, 0.25) is 0 Å². The van der Waals surface area contributed by atoms with Crippen molar-refractivity contribution in [3.8, 4) is 11.5 Å². The van der Waals surface area contributed by atoms with Crippen LogP contribution in [0.1, 0.15) is 23.5 Å². The number of hydrogen-bond donors (Lipinski definition) is 1. The maximum atomic E-state index is 12.2. The Morgan fingerprint density at radius 1 is 0.964 bits per heavy atom. The van der Waals surface area contributed by atoms with Crippen molar-refractivity contribution >= 4 is 39.0 Å². The van der Waals surface area contributed by atoms with Crippen molar-refractivity contribution in [3.63, 3.8) is 0 Å². The van der Waals surface area contributed by atoms with E-state index in [4.69, 9.17) is 14.2 Å². The Bertz CT molecular complexity index is 982. The fourth-order valence-corrected chi connectivity index (χ4v) is 3.55. The highest BCUT2D eigenvalue weighted by atomic mass is 32.1. The highest BCUT2D eigenvalue weighted by Crippen LogP contribution is 2.29. The summed E-state index contributed by atoms with van der Waals surface area (Å²) in [6.07, 6.45) is 0. The van der Waals surface area contributed by atoms with Crippen molar-refractivity contribution in [2.24, 2.45) is 0 Å². The highest BCUT2D eigenvalue weighted by Gasteiger charge is 2.12. The van der Waals surface area contributed by atoms with Gasteiger partial charge < -0.3 is 19.5 Å². The first-order valence-corrected chi connectivity index (χ1v) is 9.77. The Morgan fingerprint density at radius 3 is 2.43 bits per heavy atom. The molecule has 0 unspecified atom stereocenters. The van der Waals surface area contributed by atoms with Crippen LogP contribution in [0.4, 0.5) is 5.69 Å². The number of hydrogen-bond acceptors (Lipinski definition) is 6. The number of nitrogens with one attached hydrogen (secondary N) is 1. The van der Waals surface area contributed by atoms with E-state index in [0.29, 0.717) is 35.3 Å². The molecule has 3 aromatic rings. The second kappa shape index (κ2) is 9.23. The third kappa shape index (κ3) is 4.80. The highest BCUT2D eigenvalue weighted by molar-refractivity contribution is 7.20. The van der Waals surface area contributed by atoms with Crippen molar-refractivity contribution < 1.29 is 23.8 Å². The predicted octanol–water partition coefficient (Wildman–Crippen LogP) is 4.49. The zero-order valence-corrected chi connectivity index (χ0v) is 16.5. The van der Waals surface area contributed by atoms with E-state index in [1.807, 2.05) is 31.2 Å². The lowest BCUT2D eigenvalue weighted by Crippen LogP contribution is -2.20. The Kier molecular flexibility index (Phi) is 6.49. The van der Waals surface area contributed by atoms with Crippen LogP contribution in [0.3, 0.4) is 0 Å². The number of thiophene rings is 1. The summed E-state index contributed by atoms with van der Waals surface area (Å²) in [4.78, 5) is 24.6. The molecule has 0 aliphatic heterocycles. The molecular formula is C21H21NO5S. The van der Waals surface area contributed by atoms with Gasteiger partial charge in [-0.1, -0.05) is 12.1 Å². The van der Waals surface area contributed by atoms with E-state index in [-0.39, 0.29) is 18.5 Å². The molecule has 6 nitrogen and oxygen atoms in total. The van der Waals surface area contributed by atoms with Crippen molar-refractivity contribution in [1.29, 1.82) is 0 Å². The van der Waals surface area contributed by atoms with Gasteiger partial charge in [-0.3, -0.25) is 4.79 Å². The fourth-order valence-electron chi connectivity index (χ4n) is 2.61. The largest absolute Gasteiger partial charge is 0.490 e. The van der Waals surface area contributed by atoms with E-state index < -0.39 is 0 Å². The fraction of sp³-hybridized carbons (Fsp3) is 0.238. The van der Waals surface area contributed by atoms with E-state index in [0.717, 1.165) is 10.1 Å². The summed E-state index contributed by atoms with van der Waals surface area (Å²) in [7, 11) is 0. The van der Waals surface area contributed by atoms with Gasteiger partial charge in [0, 0.05) is 10.4 Å². The molecule has 0 bridgehead atoms. The maximum Gasteiger partial charge on any atom is 0.348 e. The minimum Gasteiger partial charge on any atom is -0.490 e. The molecular weight excluding hydrogens is 378 g/mol. The Balaban J connectivity index is 1.64. The quantitative estimate of drug-likeness (QED) is 0.565. The Labute approximate surface area is 167 Å². The molecule has 0 saturated heterocycles. The van der Waals surface area contributed by atoms with E-state index >= 15 is 0 Å². The lowest BCUT2D eigenvalue weighted by molar-refractivity contribution is -0.118. The first-order valence-electron chi connectivity index (χ1n) is 8.96. The maximum absolute atomic E-state index is 12.2. The van der Waals surface area contributed by atoms with E-state index in [1.54, 1.807) is 31.2 Å². The van der Waals surface area contributed by atoms with E-state index in [9.17, 15) is 9.59 Å². The van der Waals surface area contributed by atoms with Crippen LogP contribution >= 0.6 is 11.3 Å². The van der Waals surface area contributed by atoms with Gasteiger partial charge in [0.25, 0.3) is 5.91 Å². The molecule has 28 heavy (non-hydrogen) atoms. The number of benzene rings is 2. The van der Waals surface area contributed by atoms with Crippen molar-refractivity contribution in [1.82, 2.24) is 0 Å². The van der Waals surface area contributed by atoms with Gasteiger partial charge in [-0.25, -0.2) is 4.79 Å². The number of fused-ring (bicyclic) bond motifs is 1. The standard InChI is InChI=1S/C21H21NO5S/c1-3-25-16-7-5-6-8-17(16)27-13-20(23)22-15-9-10-18-14(11-15)12-19(28-18)21(24)26-4-2/h5-12H,3-4,13H2,1-2H3,(H,22,23). The third-order valence-electron chi connectivity index (χ3n) is 3.78. The summed E-state index contributed by atoms with van der Waals surface area (Å²) >= 11 is 1.36. The first kappa shape index (κ1) is 19.7. The second-order valence-electron chi connectivity index (χ2n) is 5.80. The van der Waals surface area contributed by atoms with Crippen LogP contribution in [-0.2, 0) is 9.53 Å². The molecule has 0 aliphatic carbocycles. The SMILES string of the molecule is CCOC(=O)c1cc2cc(NC(=O)COc3ccccc3OCC)ccc2s1. The Hall–Kier alpha value is -3.06. The molecule has 7 heteroatoms. The third-order valence-corrected chi connectivity index (χ3v) is 4.88. The molecule has 146 valence electrons. The Morgan fingerprint density at radius 2 is 1.71 bits per heavy atom. The summed E-state index contributed by atoms with van der Waals surface area (Å²) in [5.74, 6) is 0.498. The topological polar surface area (TPSA) is 73.9 Å². The molecule has 1 heterocycles. The van der Waals surface area contributed by atoms with Crippen LogP contribution in [0.5, 0.6) is 11.5 Å². The van der Waals surface area contributed by atoms with Crippen LogP contribution in [0.25, 0.3) is 10.1 Å². The molecule has 0 saturated carbocycles. The zero-order chi connectivity index (χ0) is 19.9.